The molecule has 3 N–H and O–H groups in total. The molecule has 0 radical (unpaired) electrons. The smallest absolute Gasteiger partial charge is 0.248 e. The van der Waals surface area contributed by atoms with E-state index in [-0.39, 0.29) is 5.56 Å². The number of hydrogen-bond donors (Lipinski definition) is 2. The number of carbonyl (C=O) groups is 1. The topological polar surface area (TPSA) is 72.9 Å². The Balaban J connectivity index is 2.24. The maximum absolute atomic E-state index is 13.7. The second-order valence-electron chi connectivity index (χ2n) is 4.30. The van der Waals surface area contributed by atoms with Gasteiger partial charge in [-0.2, -0.15) is 0 Å². The van der Waals surface area contributed by atoms with Crippen LogP contribution in [0, 0.1) is 12.7 Å². The highest BCUT2D eigenvalue weighted by atomic mass is 19.1. The fourth-order valence-corrected chi connectivity index (χ4v) is 1.75. The van der Waals surface area contributed by atoms with E-state index in [0.717, 1.165) is 11.9 Å². The Labute approximate surface area is 110 Å². The van der Waals surface area contributed by atoms with Gasteiger partial charge in [-0.05, 0) is 19.1 Å². The molecule has 0 spiro atoms. The number of aryl methyl sites for hydroxylation is 1. The number of amides is 1. The van der Waals surface area contributed by atoms with Gasteiger partial charge in [0.05, 0.1) is 6.54 Å². The summed E-state index contributed by atoms with van der Waals surface area (Å²) in [4.78, 5) is 15.3. The summed E-state index contributed by atoms with van der Waals surface area (Å²) >= 11 is 0. The van der Waals surface area contributed by atoms with Gasteiger partial charge in [0, 0.05) is 36.3 Å². The summed E-state index contributed by atoms with van der Waals surface area (Å²) in [7, 11) is 1.87. The van der Waals surface area contributed by atoms with Crippen molar-refractivity contribution in [3.63, 3.8) is 0 Å². The van der Waals surface area contributed by atoms with E-state index in [9.17, 15) is 9.18 Å². The highest BCUT2D eigenvalue weighted by molar-refractivity contribution is 5.94. The van der Waals surface area contributed by atoms with Crippen molar-refractivity contribution < 1.29 is 9.18 Å². The minimum atomic E-state index is -0.654. The molecule has 1 aromatic heterocycles. The van der Waals surface area contributed by atoms with Crippen LogP contribution in [0.4, 0.5) is 10.1 Å². The number of nitrogens with zero attached hydrogens (tertiary/aromatic N) is 2. The van der Waals surface area contributed by atoms with Gasteiger partial charge in [-0.25, -0.2) is 9.37 Å². The first-order valence-corrected chi connectivity index (χ1v) is 5.79. The molecule has 2 aromatic rings. The number of imidazole rings is 1. The zero-order valence-corrected chi connectivity index (χ0v) is 10.8. The molecule has 0 aliphatic heterocycles. The zero-order chi connectivity index (χ0) is 14.0. The highest BCUT2D eigenvalue weighted by Crippen LogP contribution is 2.21. The van der Waals surface area contributed by atoms with Crippen molar-refractivity contribution in [3.8, 4) is 0 Å². The third-order valence-electron chi connectivity index (χ3n) is 2.99. The molecular weight excluding hydrogens is 247 g/mol. The summed E-state index contributed by atoms with van der Waals surface area (Å²) in [5.41, 5.74) is 6.29. The molecule has 100 valence electrons. The molecule has 0 bridgehead atoms. The first kappa shape index (κ1) is 13.1. The minimum absolute atomic E-state index is 0.144. The SMILES string of the molecule is Cc1c(F)cc(C(N)=O)cc1NCc1nccn1C. The minimum Gasteiger partial charge on any atom is -0.377 e. The Morgan fingerprint density at radius 1 is 1.53 bits per heavy atom. The van der Waals surface area contributed by atoms with Crippen LogP contribution in [0.2, 0.25) is 0 Å². The quantitative estimate of drug-likeness (QED) is 0.878. The number of benzene rings is 1. The Morgan fingerprint density at radius 3 is 2.84 bits per heavy atom. The van der Waals surface area contributed by atoms with Gasteiger partial charge in [-0.3, -0.25) is 4.79 Å². The van der Waals surface area contributed by atoms with E-state index in [4.69, 9.17) is 5.73 Å². The molecule has 0 aliphatic rings. The van der Waals surface area contributed by atoms with Gasteiger partial charge >= 0.3 is 0 Å². The molecule has 0 fully saturated rings. The molecular formula is C13H15FN4O. The Kier molecular flexibility index (Phi) is 3.50. The van der Waals surface area contributed by atoms with E-state index in [0.29, 0.717) is 17.8 Å². The fraction of sp³-hybridized carbons (Fsp3) is 0.231. The lowest BCUT2D eigenvalue weighted by Crippen LogP contribution is -2.13. The Hall–Kier alpha value is -2.37. The molecule has 6 heteroatoms. The number of carbonyl (C=O) groups excluding carboxylic acids is 1. The van der Waals surface area contributed by atoms with Crippen LogP contribution in [0.5, 0.6) is 0 Å². The maximum Gasteiger partial charge on any atom is 0.248 e. The molecule has 5 nitrogen and oxygen atoms in total. The van der Waals surface area contributed by atoms with Gasteiger partial charge < -0.3 is 15.6 Å². The lowest BCUT2D eigenvalue weighted by Gasteiger charge is -2.11. The normalized spacial score (nSPS) is 10.5. The van der Waals surface area contributed by atoms with E-state index in [2.05, 4.69) is 10.3 Å². The molecule has 0 saturated carbocycles. The summed E-state index contributed by atoms with van der Waals surface area (Å²) < 4.78 is 15.5. The number of primary amides is 1. The van der Waals surface area contributed by atoms with E-state index in [1.165, 1.54) is 0 Å². The highest BCUT2D eigenvalue weighted by Gasteiger charge is 2.10. The largest absolute Gasteiger partial charge is 0.377 e. The molecule has 0 saturated heterocycles. The molecule has 0 aliphatic carbocycles. The number of halogens is 1. The summed E-state index contributed by atoms with van der Waals surface area (Å²) in [6, 6.07) is 2.69. The van der Waals surface area contributed by atoms with Gasteiger partial charge in [0.2, 0.25) is 5.91 Å². The van der Waals surface area contributed by atoms with Crippen molar-refractivity contribution in [1.82, 2.24) is 9.55 Å². The third-order valence-corrected chi connectivity index (χ3v) is 2.99. The average Bonchev–Trinajstić information content (AvgIpc) is 2.76. The second-order valence-corrected chi connectivity index (χ2v) is 4.30. The van der Waals surface area contributed by atoms with Crippen LogP contribution in [-0.4, -0.2) is 15.5 Å². The lowest BCUT2D eigenvalue weighted by atomic mass is 10.1. The van der Waals surface area contributed by atoms with Crippen molar-refractivity contribution in [2.45, 2.75) is 13.5 Å². The van der Waals surface area contributed by atoms with Gasteiger partial charge in [0.1, 0.15) is 11.6 Å². The number of nitrogens with one attached hydrogen (secondary N) is 1. The second kappa shape index (κ2) is 5.09. The van der Waals surface area contributed by atoms with Gasteiger partial charge in [-0.15, -0.1) is 0 Å². The van der Waals surface area contributed by atoms with Crippen LogP contribution in [0.25, 0.3) is 0 Å². The van der Waals surface area contributed by atoms with Gasteiger partial charge in [-0.1, -0.05) is 0 Å². The number of anilines is 1. The Morgan fingerprint density at radius 2 is 2.26 bits per heavy atom. The summed E-state index contributed by atoms with van der Waals surface area (Å²) in [5, 5.41) is 3.06. The van der Waals surface area contributed by atoms with Crippen LogP contribution < -0.4 is 11.1 Å². The standard InChI is InChI=1S/C13H15FN4O/c1-8-10(14)5-9(13(15)19)6-11(8)17-7-12-16-3-4-18(12)2/h3-6,17H,7H2,1-2H3,(H2,15,19). The van der Waals surface area contributed by atoms with Crippen molar-refractivity contribution in [3.05, 3.63) is 47.3 Å². The molecule has 1 amide bonds. The lowest BCUT2D eigenvalue weighted by molar-refractivity contribution is 0.1000. The Bertz CT molecular complexity index is 621. The third kappa shape index (κ3) is 2.73. The zero-order valence-electron chi connectivity index (χ0n) is 10.8. The molecule has 2 rings (SSSR count). The van der Waals surface area contributed by atoms with Crippen LogP contribution in [0.1, 0.15) is 21.7 Å². The predicted octanol–water partition coefficient (Wildman–Crippen LogP) is 1.58. The molecule has 19 heavy (non-hydrogen) atoms. The van der Waals surface area contributed by atoms with Crippen LogP contribution in [0.15, 0.2) is 24.5 Å². The number of nitrogens with two attached hydrogens (primary N) is 1. The van der Waals surface area contributed by atoms with E-state index < -0.39 is 11.7 Å². The molecule has 0 atom stereocenters. The van der Waals surface area contributed by atoms with E-state index in [1.54, 1.807) is 19.2 Å². The average molecular weight is 262 g/mol. The van der Waals surface area contributed by atoms with Gasteiger partial charge in [0.15, 0.2) is 0 Å². The molecule has 0 unspecified atom stereocenters. The van der Waals surface area contributed by atoms with Crippen molar-refractivity contribution in [2.24, 2.45) is 12.8 Å². The van der Waals surface area contributed by atoms with Crippen LogP contribution >= 0.6 is 0 Å². The summed E-state index contributed by atoms with van der Waals surface area (Å²) in [5.74, 6) is -0.304. The summed E-state index contributed by atoms with van der Waals surface area (Å²) in [6.07, 6.45) is 3.51. The van der Waals surface area contributed by atoms with Crippen molar-refractivity contribution in [2.75, 3.05) is 5.32 Å². The van der Waals surface area contributed by atoms with E-state index >= 15 is 0 Å². The van der Waals surface area contributed by atoms with Crippen LogP contribution in [0.3, 0.4) is 0 Å². The van der Waals surface area contributed by atoms with E-state index in [1.807, 2.05) is 17.8 Å². The van der Waals surface area contributed by atoms with Gasteiger partial charge in [0.25, 0.3) is 0 Å². The first-order valence-electron chi connectivity index (χ1n) is 5.79. The number of hydrogen-bond acceptors (Lipinski definition) is 3. The molecule has 1 heterocycles. The number of aromatic nitrogens is 2. The fourth-order valence-electron chi connectivity index (χ4n) is 1.75. The predicted molar refractivity (Wildman–Crippen MR) is 70.2 cm³/mol. The maximum atomic E-state index is 13.7. The first-order chi connectivity index (χ1) is 8.99. The summed E-state index contributed by atoms with van der Waals surface area (Å²) in [6.45, 7) is 2.08. The van der Waals surface area contributed by atoms with Crippen molar-refractivity contribution >= 4 is 11.6 Å². The molecule has 1 aromatic carbocycles. The van der Waals surface area contributed by atoms with Crippen molar-refractivity contribution in [1.29, 1.82) is 0 Å². The van der Waals surface area contributed by atoms with Crippen LogP contribution in [-0.2, 0) is 13.6 Å². The number of rotatable bonds is 4. The monoisotopic (exact) mass is 262 g/mol.